The third-order valence-electron chi connectivity index (χ3n) is 5.02. The highest BCUT2D eigenvalue weighted by molar-refractivity contribution is 6.73. The van der Waals surface area contributed by atoms with Gasteiger partial charge in [-0.2, -0.15) is 0 Å². The molecular formula is C16H32OSi. The van der Waals surface area contributed by atoms with Crippen LogP contribution in [0.3, 0.4) is 0 Å². The first kappa shape index (κ1) is 16.0. The maximum Gasteiger partial charge on any atom is 0.192 e. The van der Waals surface area contributed by atoms with Crippen LogP contribution in [0.4, 0.5) is 0 Å². The van der Waals surface area contributed by atoms with Crippen molar-refractivity contribution in [3.05, 3.63) is 12.2 Å². The molecule has 2 heteroatoms. The average molecular weight is 269 g/mol. The molecule has 3 atom stereocenters. The minimum Gasteiger partial charge on any atom is -0.413 e. The van der Waals surface area contributed by atoms with Gasteiger partial charge in [-0.1, -0.05) is 39.8 Å². The molecule has 0 saturated heterocycles. The third-order valence-corrected chi connectivity index (χ3v) is 9.69. The zero-order chi connectivity index (χ0) is 13.8. The summed E-state index contributed by atoms with van der Waals surface area (Å²) in [6.07, 6.45) is 4.32. The molecule has 0 heterocycles. The van der Waals surface area contributed by atoms with E-state index in [1.165, 1.54) is 43.0 Å². The van der Waals surface area contributed by atoms with Gasteiger partial charge in [-0.15, -0.1) is 0 Å². The zero-order valence-corrected chi connectivity index (χ0v) is 14.1. The lowest BCUT2D eigenvalue weighted by Crippen LogP contribution is -2.44. The Kier molecular flexibility index (Phi) is 6.13. The van der Waals surface area contributed by atoms with Crippen LogP contribution in [0.5, 0.6) is 0 Å². The van der Waals surface area contributed by atoms with E-state index in [1.54, 1.807) is 0 Å². The van der Waals surface area contributed by atoms with Crippen LogP contribution >= 0.6 is 0 Å². The first-order valence-electron chi connectivity index (χ1n) is 7.81. The van der Waals surface area contributed by atoms with Gasteiger partial charge in [-0.3, -0.25) is 0 Å². The van der Waals surface area contributed by atoms with Crippen LogP contribution in [0.2, 0.25) is 18.1 Å². The molecule has 0 bridgehead atoms. The summed E-state index contributed by atoms with van der Waals surface area (Å²) in [4.78, 5) is 0. The quantitative estimate of drug-likeness (QED) is 0.463. The van der Waals surface area contributed by atoms with Gasteiger partial charge in [0.25, 0.3) is 0 Å². The molecule has 0 aliphatic heterocycles. The fourth-order valence-corrected chi connectivity index (χ4v) is 6.25. The Balaban J connectivity index is 2.79. The monoisotopic (exact) mass is 268 g/mol. The zero-order valence-electron chi connectivity index (χ0n) is 13.1. The molecule has 1 aliphatic carbocycles. The molecule has 106 valence electrons. The van der Waals surface area contributed by atoms with Crippen LogP contribution in [-0.4, -0.2) is 14.4 Å². The smallest absolute Gasteiger partial charge is 0.192 e. The second-order valence-corrected chi connectivity index (χ2v) is 11.0. The summed E-state index contributed by atoms with van der Waals surface area (Å²) < 4.78 is 6.75. The van der Waals surface area contributed by atoms with E-state index in [1.807, 2.05) is 0 Å². The molecule has 1 aliphatic rings. The van der Waals surface area contributed by atoms with Crippen molar-refractivity contribution in [2.45, 2.75) is 78.1 Å². The van der Waals surface area contributed by atoms with Gasteiger partial charge in [-0.25, -0.2) is 0 Å². The SMILES string of the molecule is C=C(C)[C@@H]1CC[C@@H](C)C[C@H]1O[Si](CC)(CC)CC. The highest BCUT2D eigenvalue weighted by Crippen LogP contribution is 2.38. The Labute approximate surface area is 115 Å². The van der Waals surface area contributed by atoms with Crippen molar-refractivity contribution in [3.63, 3.8) is 0 Å². The van der Waals surface area contributed by atoms with Gasteiger partial charge in [0.05, 0.1) is 6.10 Å². The summed E-state index contributed by atoms with van der Waals surface area (Å²) in [6, 6.07) is 3.77. The van der Waals surface area contributed by atoms with E-state index in [9.17, 15) is 0 Å². The van der Waals surface area contributed by atoms with Gasteiger partial charge >= 0.3 is 0 Å². The Bertz CT molecular complexity index is 262. The lowest BCUT2D eigenvalue weighted by molar-refractivity contribution is 0.0771. The molecule has 1 nitrogen and oxygen atoms in total. The standard InChI is InChI=1S/C16H32OSi/c1-7-18(8-2,9-3)17-16-12-14(6)10-11-15(16)13(4)5/h14-16H,4,7-12H2,1-3,5-6H3/t14-,15+,16-/m1/s1. The maximum atomic E-state index is 6.75. The molecule has 0 N–H and O–H groups in total. The van der Waals surface area contributed by atoms with E-state index < -0.39 is 8.32 Å². The van der Waals surface area contributed by atoms with Crippen LogP contribution in [0.15, 0.2) is 12.2 Å². The molecule has 0 aromatic heterocycles. The van der Waals surface area contributed by atoms with Crippen LogP contribution < -0.4 is 0 Å². The second-order valence-electron chi connectivity index (χ2n) is 6.27. The summed E-state index contributed by atoms with van der Waals surface area (Å²) in [7, 11) is -1.46. The predicted molar refractivity (Wildman–Crippen MR) is 83.4 cm³/mol. The first-order valence-corrected chi connectivity index (χ1v) is 10.3. The third kappa shape index (κ3) is 3.71. The van der Waals surface area contributed by atoms with Crippen LogP contribution in [0, 0.1) is 11.8 Å². The number of rotatable bonds is 6. The Hall–Kier alpha value is -0.0831. The normalized spacial score (nSPS) is 29.3. The topological polar surface area (TPSA) is 9.23 Å². The Morgan fingerprint density at radius 1 is 1.17 bits per heavy atom. The van der Waals surface area contributed by atoms with E-state index in [2.05, 4.69) is 41.2 Å². The van der Waals surface area contributed by atoms with Crippen molar-refractivity contribution >= 4 is 8.32 Å². The Morgan fingerprint density at radius 2 is 1.72 bits per heavy atom. The van der Waals surface area contributed by atoms with Crippen molar-refractivity contribution in [3.8, 4) is 0 Å². The highest BCUT2D eigenvalue weighted by Gasteiger charge is 2.37. The number of hydrogen-bond donors (Lipinski definition) is 0. The lowest BCUT2D eigenvalue weighted by Gasteiger charge is -2.41. The van der Waals surface area contributed by atoms with Gasteiger partial charge in [0.15, 0.2) is 8.32 Å². The van der Waals surface area contributed by atoms with Crippen LogP contribution in [0.1, 0.15) is 53.9 Å². The van der Waals surface area contributed by atoms with Crippen molar-refractivity contribution in [2.75, 3.05) is 0 Å². The molecule has 0 spiro atoms. The van der Waals surface area contributed by atoms with Crippen LogP contribution in [0.25, 0.3) is 0 Å². The van der Waals surface area contributed by atoms with Crippen molar-refractivity contribution in [1.29, 1.82) is 0 Å². The van der Waals surface area contributed by atoms with Gasteiger partial charge in [0.2, 0.25) is 0 Å². The van der Waals surface area contributed by atoms with E-state index in [-0.39, 0.29) is 0 Å². The summed E-state index contributed by atoms with van der Waals surface area (Å²) >= 11 is 0. The van der Waals surface area contributed by atoms with Crippen molar-refractivity contribution in [1.82, 2.24) is 0 Å². The number of hydrogen-bond acceptors (Lipinski definition) is 1. The van der Waals surface area contributed by atoms with Crippen molar-refractivity contribution in [2.24, 2.45) is 11.8 Å². The molecule has 0 aromatic carbocycles. The molecule has 1 fully saturated rings. The highest BCUT2D eigenvalue weighted by atomic mass is 28.4. The molecular weight excluding hydrogens is 236 g/mol. The van der Waals surface area contributed by atoms with Gasteiger partial charge < -0.3 is 4.43 Å². The predicted octanol–water partition coefficient (Wildman–Crippen LogP) is 5.39. The molecule has 1 saturated carbocycles. The molecule has 18 heavy (non-hydrogen) atoms. The van der Waals surface area contributed by atoms with Crippen molar-refractivity contribution < 1.29 is 4.43 Å². The fourth-order valence-electron chi connectivity index (χ4n) is 3.34. The molecule has 0 amide bonds. The minimum atomic E-state index is -1.46. The molecule has 1 rings (SSSR count). The maximum absolute atomic E-state index is 6.75. The molecule has 0 radical (unpaired) electrons. The van der Waals surface area contributed by atoms with E-state index >= 15 is 0 Å². The summed E-state index contributed by atoms with van der Waals surface area (Å²) in [5.74, 6) is 1.43. The Morgan fingerprint density at radius 3 is 2.17 bits per heavy atom. The minimum absolute atomic E-state index is 0.456. The van der Waals surface area contributed by atoms with Gasteiger partial charge in [0.1, 0.15) is 0 Å². The lowest BCUT2D eigenvalue weighted by atomic mass is 9.78. The van der Waals surface area contributed by atoms with Gasteiger partial charge in [-0.05, 0) is 50.2 Å². The average Bonchev–Trinajstić information content (AvgIpc) is 2.36. The van der Waals surface area contributed by atoms with Gasteiger partial charge in [0, 0.05) is 5.92 Å². The van der Waals surface area contributed by atoms with E-state index in [4.69, 9.17) is 4.43 Å². The van der Waals surface area contributed by atoms with E-state index in [0.29, 0.717) is 12.0 Å². The van der Waals surface area contributed by atoms with Crippen LogP contribution in [-0.2, 0) is 4.43 Å². The molecule has 0 aromatic rings. The summed E-state index contributed by atoms with van der Waals surface area (Å²) in [6.45, 7) is 15.7. The fraction of sp³-hybridized carbons (Fsp3) is 0.875. The second kappa shape index (κ2) is 6.90. The summed E-state index contributed by atoms with van der Waals surface area (Å²) in [5, 5.41) is 0. The van der Waals surface area contributed by atoms with E-state index in [0.717, 1.165) is 5.92 Å². The summed E-state index contributed by atoms with van der Waals surface area (Å²) in [5.41, 5.74) is 1.33. The molecule has 0 unspecified atom stereocenters. The largest absolute Gasteiger partial charge is 0.413 e. The first-order chi connectivity index (χ1) is 8.48.